The fourth-order valence-electron chi connectivity index (χ4n) is 2.56. The van der Waals surface area contributed by atoms with Crippen molar-refractivity contribution in [3.63, 3.8) is 0 Å². The summed E-state index contributed by atoms with van der Waals surface area (Å²) in [5, 5.41) is 12.6. The van der Waals surface area contributed by atoms with Gasteiger partial charge >= 0.3 is 0 Å². The summed E-state index contributed by atoms with van der Waals surface area (Å²) in [5.41, 5.74) is 0. The van der Waals surface area contributed by atoms with Crippen LogP contribution < -0.4 is 5.32 Å². The molecular weight excluding hydrogens is 242 g/mol. The van der Waals surface area contributed by atoms with Crippen LogP contribution in [0.25, 0.3) is 0 Å². The topological polar surface area (TPSA) is 67.2 Å². The molecule has 2 unspecified atom stereocenters. The van der Waals surface area contributed by atoms with Crippen LogP contribution in [0.15, 0.2) is 12.4 Å². The predicted molar refractivity (Wildman–Crippen MR) is 72.5 cm³/mol. The van der Waals surface area contributed by atoms with Gasteiger partial charge in [0, 0.05) is 37.8 Å². The second-order valence-electron chi connectivity index (χ2n) is 5.76. The Kier molecular flexibility index (Phi) is 4.58. The van der Waals surface area contributed by atoms with Crippen molar-refractivity contribution < 1.29 is 9.90 Å². The second-order valence-corrected chi connectivity index (χ2v) is 5.76. The second kappa shape index (κ2) is 6.19. The molecule has 5 heteroatoms. The summed E-state index contributed by atoms with van der Waals surface area (Å²) < 4.78 is 2.09. The monoisotopic (exact) mass is 265 g/mol. The molecule has 0 spiro atoms. The number of hydrogen-bond acceptors (Lipinski definition) is 3. The number of rotatable bonds is 5. The van der Waals surface area contributed by atoms with Gasteiger partial charge in [0.25, 0.3) is 0 Å². The number of aliphatic hydroxyl groups excluding tert-OH is 1. The SMILES string of the molecule is CC(C)CC(O)CNC(=O)C1CCn2ccnc2C1. The smallest absolute Gasteiger partial charge is 0.223 e. The fourth-order valence-corrected chi connectivity index (χ4v) is 2.56. The molecule has 19 heavy (non-hydrogen) atoms. The average molecular weight is 265 g/mol. The van der Waals surface area contributed by atoms with Crippen LogP contribution >= 0.6 is 0 Å². The number of aromatic nitrogens is 2. The van der Waals surface area contributed by atoms with Gasteiger partial charge in [-0.1, -0.05) is 13.8 Å². The lowest BCUT2D eigenvalue weighted by molar-refractivity contribution is -0.126. The van der Waals surface area contributed by atoms with Crippen LogP contribution in [0, 0.1) is 11.8 Å². The maximum absolute atomic E-state index is 12.1. The van der Waals surface area contributed by atoms with Crippen molar-refractivity contribution in [3.05, 3.63) is 18.2 Å². The third kappa shape index (κ3) is 3.80. The molecule has 106 valence electrons. The molecule has 2 heterocycles. The van der Waals surface area contributed by atoms with E-state index in [1.54, 1.807) is 6.20 Å². The third-order valence-corrected chi connectivity index (χ3v) is 3.58. The van der Waals surface area contributed by atoms with Crippen molar-refractivity contribution in [2.45, 2.75) is 45.8 Å². The quantitative estimate of drug-likeness (QED) is 0.833. The van der Waals surface area contributed by atoms with E-state index >= 15 is 0 Å². The number of fused-ring (bicyclic) bond motifs is 1. The van der Waals surface area contributed by atoms with Crippen LogP contribution in [0.4, 0.5) is 0 Å². The Balaban J connectivity index is 1.78. The maximum atomic E-state index is 12.1. The van der Waals surface area contributed by atoms with Crippen LogP contribution in [0.2, 0.25) is 0 Å². The molecule has 1 aromatic rings. The molecular formula is C14H23N3O2. The van der Waals surface area contributed by atoms with Gasteiger partial charge in [0.15, 0.2) is 0 Å². The van der Waals surface area contributed by atoms with Crippen LogP contribution in [0.3, 0.4) is 0 Å². The molecule has 1 amide bonds. The molecule has 0 bridgehead atoms. The van der Waals surface area contributed by atoms with E-state index in [4.69, 9.17) is 0 Å². The molecule has 0 saturated carbocycles. The van der Waals surface area contributed by atoms with Gasteiger partial charge in [-0.25, -0.2) is 4.98 Å². The summed E-state index contributed by atoms with van der Waals surface area (Å²) in [6, 6.07) is 0. The molecule has 1 aliphatic rings. The fraction of sp³-hybridized carbons (Fsp3) is 0.714. The molecule has 5 nitrogen and oxygen atoms in total. The number of carbonyl (C=O) groups excluding carboxylic acids is 1. The van der Waals surface area contributed by atoms with Crippen molar-refractivity contribution >= 4 is 5.91 Å². The van der Waals surface area contributed by atoms with Crippen LogP contribution in [0.5, 0.6) is 0 Å². The van der Waals surface area contributed by atoms with Crippen molar-refractivity contribution in [1.29, 1.82) is 0 Å². The summed E-state index contributed by atoms with van der Waals surface area (Å²) in [4.78, 5) is 16.3. The molecule has 0 radical (unpaired) electrons. The highest BCUT2D eigenvalue weighted by Crippen LogP contribution is 2.19. The summed E-state index contributed by atoms with van der Waals surface area (Å²) in [6.07, 6.45) is 5.54. The Bertz CT molecular complexity index is 428. The van der Waals surface area contributed by atoms with E-state index < -0.39 is 6.10 Å². The Morgan fingerprint density at radius 3 is 3.16 bits per heavy atom. The average Bonchev–Trinajstić information content (AvgIpc) is 2.82. The molecule has 0 aliphatic carbocycles. The number of aryl methyl sites for hydroxylation is 1. The molecule has 0 aromatic carbocycles. The van der Waals surface area contributed by atoms with Gasteiger partial charge in [-0.3, -0.25) is 4.79 Å². The van der Waals surface area contributed by atoms with Gasteiger partial charge in [0.1, 0.15) is 5.82 Å². The number of carbonyl (C=O) groups is 1. The highest BCUT2D eigenvalue weighted by atomic mass is 16.3. The van der Waals surface area contributed by atoms with E-state index in [9.17, 15) is 9.90 Å². The molecule has 0 saturated heterocycles. The highest BCUT2D eigenvalue weighted by Gasteiger charge is 2.25. The largest absolute Gasteiger partial charge is 0.391 e. The van der Waals surface area contributed by atoms with Crippen molar-refractivity contribution in [3.8, 4) is 0 Å². The minimum absolute atomic E-state index is 0.0128. The first-order valence-corrected chi connectivity index (χ1v) is 7.02. The molecule has 2 atom stereocenters. The molecule has 2 rings (SSSR count). The van der Waals surface area contributed by atoms with Gasteiger partial charge < -0.3 is 15.0 Å². The van der Waals surface area contributed by atoms with E-state index in [0.29, 0.717) is 18.9 Å². The zero-order valence-corrected chi connectivity index (χ0v) is 11.7. The van der Waals surface area contributed by atoms with Crippen LogP contribution in [-0.2, 0) is 17.8 Å². The van der Waals surface area contributed by atoms with Gasteiger partial charge in [0.05, 0.1) is 6.10 Å². The van der Waals surface area contributed by atoms with Crippen molar-refractivity contribution in [1.82, 2.24) is 14.9 Å². The molecule has 0 fully saturated rings. The molecule has 1 aliphatic heterocycles. The number of aliphatic hydroxyl groups is 1. The zero-order chi connectivity index (χ0) is 13.8. The molecule has 2 N–H and O–H groups in total. The van der Waals surface area contributed by atoms with E-state index in [1.165, 1.54) is 0 Å². The van der Waals surface area contributed by atoms with Crippen LogP contribution in [0.1, 0.15) is 32.5 Å². The summed E-state index contributed by atoms with van der Waals surface area (Å²) in [5.74, 6) is 1.45. The van der Waals surface area contributed by atoms with Gasteiger partial charge in [-0.2, -0.15) is 0 Å². The van der Waals surface area contributed by atoms with E-state index in [2.05, 4.69) is 28.7 Å². The first-order valence-electron chi connectivity index (χ1n) is 7.02. The Labute approximate surface area is 114 Å². The first kappa shape index (κ1) is 14.1. The minimum Gasteiger partial charge on any atom is -0.391 e. The third-order valence-electron chi connectivity index (χ3n) is 3.58. The number of amides is 1. The Morgan fingerprint density at radius 1 is 1.63 bits per heavy atom. The molecule has 1 aromatic heterocycles. The van der Waals surface area contributed by atoms with Gasteiger partial charge in [0.2, 0.25) is 5.91 Å². The number of nitrogens with zero attached hydrogens (tertiary/aromatic N) is 2. The zero-order valence-electron chi connectivity index (χ0n) is 11.7. The van der Waals surface area contributed by atoms with E-state index in [1.807, 2.05) is 6.20 Å². The summed E-state index contributed by atoms with van der Waals surface area (Å²) >= 11 is 0. The summed E-state index contributed by atoms with van der Waals surface area (Å²) in [6.45, 7) is 5.32. The summed E-state index contributed by atoms with van der Waals surface area (Å²) in [7, 11) is 0. The van der Waals surface area contributed by atoms with Gasteiger partial charge in [-0.05, 0) is 18.8 Å². The predicted octanol–water partition coefficient (Wildman–Crippen LogP) is 0.969. The van der Waals surface area contributed by atoms with Crippen LogP contribution in [-0.4, -0.2) is 33.2 Å². The Morgan fingerprint density at radius 2 is 2.42 bits per heavy atom. The van der Waals surface area contributed by atoms with Gasteiger partial charge in [-0.15, -0.1) is 0 Å². The van der Waals surface area contributed by atoms with E-state index in [-0.39, 0.29) is 11.8 Å². The number of hydrogen-bond donors (Lipinski definition) is 2. The maximum Gasteiger partial charge on any atom is 0.223 e. The number of nitrogens with one attached hydrogen (secondary N) is 1. The lowest BCUT2D eigenvalue weighted by Crippen LogP contribution is -2.39. The Hall–Kier alpha value is -1.36. The normalized spacial score (nSPS) is 20.1. The minimum atomic E-state index is -0.450. The first-order chi connectivity index (χ1) is 9.06. The van der Waals surface area contributed by atoms with Crippen molar-refractivity contribution in [2.24, 2.45) is 11.8 Å². The lowest BCUT2D eigenvalue weighted by atomic mass is 9.96. The van der Waals surface area contributed by atoms with Crippen molar-refractivity contribution in [2.75, 3.05) is 6.54 Å². The number of imidazole rings is 1. The lowest BCUT2D eigenvalue weighted by Gasteiger charge is -2.23. The standard InChI is InChI=1S/C14H23N3O2/c1-10(2)7-12(18)9-16-14(19)11-3-5-17-6-4-15-13(17)8-11/h4,6,10-12,18H,3,5,7-9H2,1-2H3,(H,16,19). The van der Waals surface area contributed by atoms with E-state index in [0.717, 1.165) is 25.2 Å². The highest BCUT2D eigenvalue weighted by molar-refractivity contribution is 5.79.